The van der Waals surface area contributed by atoms with Crippen LogP contribution >= 0.6 is 0 Å². The molecule has 1 unspecified atom stereocenters. The second-order valence-electron chi connectivity index (χ2n) is 3.96. The van der Waals surface area contributed by atoms with Gasteiger partial charge >= 0.3 is 5.69 Å². The molecule has 1 fully saturated rings. The number of anilines is 1. The molecule has 0 spiro atoms. The van der Waals surface area contributed by atoms with Crippen LogP contribution in [0.15, 0.2) is 11.0 Å². The smallest absolute Gasteiger partial charge is 0.369 e. The lowest BCUT2D eigenvalue weighted by Crippen LogP contribution is -2.51. The van der Waals surface area contributed by atoms with Crippen LogP contribution in [-0.2, 0) is 10.5 Å². The predicted molar refractivity (Wildman–Crippen MR) is 58.3 cm³/mol. The average Bonchev–Trinajstić information content (AvgIpc) is 2.64. The minimum absolute atomic E-state index is 0.166. The Hall–Kier alpha value is -2.06. The maximum Gasteiger partial charge on any atom is 0.369 e. The summed E-state index contributed by atoms with van der Waals surface area (Å²) in [4.78, 5) is 15.0. The van der Waals surface area contributed by atoms with Crippen molar-refractivity contribution in [1.29, 1.82) is 5.26 Å². The number of nitrogen functional groups attached to an aromatic ring is 1. The van der Waals surface area contributed by atoms with Crippen molar-refractivity contribution < 1.29 is 20.1 Å². The molecule has 1 aromatic heterocycles. The molecule has 4 atom stereocenters. The van der Waals surface area contributed by atoms with Crippen LogP contribution in [0.2, 0.25) is 0 Å². The number of hydrogen-bond donors (Lipinski definition) is 4. The van der Waals surface area contributed by atoms with Crippen molar-refractivity contribution >= 4 is 5.82 Å². The van der Waals surface area contributed by atoms with Crippen molar-refractivity contribution in [3.05, 3.63) is 16.7 Å². The fourth-order valence-electron chi connectivity index (χ4n) is 1.85. The van der Waals surface area contributed by atoms with Crippen LogP contribution in [0.3, 0.4) is 0 Å². The van der Waals surface area contributed by atoms with Crippen LogP contribution in [0.1, 0.15) is 0 Å². The molecule has 10 heteroatoms. The molecule has 0 aliphatic carbocycles. The summed E-state index contributed by atoms with van der Waals surface area (Å²) in [5, 5.41) is 41.3. The molecule has 1 aromatic rings. The van der Waals surface area contributed by atoms with Gasteiger partial charge in [0.05, 0.1) is 12.8 Å². The van der Waals surface area contributed by atoms with E-state index in [-0.39, 0.29) is 5.82 Å². The van der Waals surface area contributed by atoms with Gasteiger partial charge in [-0.25, -0.2) is 4.79 Å². The lowest BCUT2D eigenvalue weighted by atomic mass is 10.0. The number of rotatable bonds is 2. The first-order valence-electron chi connectivity index (χ1n) is 5.24. The summed E-state index contributed by atoms with van der Waals surface area (Å²) in [6, 6.07) is 1.57. The van der Waals surface area contributed by atoms with Gasteiger partial charge in [0, 0.05) is 0 Å². The minimum Gasteiger partial charge on any atom is -0.394 e. The van der Waals surface area contributed by atoms with Gasteiger partial charge in [-0.05, 0) is 0 Å². The van der Waals surface area contributed by atoms with E-state index < -0.39 is 36.3 Å². The minimum atomic E-state index is -2.26. The molecule has 0 radical (unpaired) electrons. The van der Waals surface area contributed by atoms with Crippen LogP contribution in [0, 0.1) is 11.3 Å². The Bertz CT molecular complexity index is 583. The van der Waals surface area contributed by atoms with Crippen LogP contribution in [0.25, 0.3) is 0 Å². The Morgan fingerprint density at radius 2 is 2.32 bits per heavy atom. The van der Waals surface area contributed by atoms with E-state index >= 15 is 0 Å². The highest BCUT2D eigenvalue weighted by Gasteiger charge is 2.57. The molecule has 102 valence electrons. The Balaban J connectivity index is 2.56. The highest BCUT2D eigenvalue weighted by Crippen LogP contribution is 2.33. The van der Waals surface area contributed by atoms with E-state index in [2.05, 4.69) is 10.1 Å². The monoisotopic (exact) mass is 269 g/mol. The molecular weight excluding hydrogens is 258 g/mol. The molecule has 0 bridgehead atoms. The molecule has 0 aromatic carbocycles. The zero-order valence-corrected chi connectivity index (χ0v) is 9.54. The first-order chi connectivity index (χ1) is 8.96. The molecule has 5 N–H and O–H groups in total. The molecule has 2 heterocycles. The normalized spacial score (nSPS) is 34.1. The fraction of sp³-hybridized carbons (Fsp3) is 0.556. The van der Waals surface area contributed by atoms with E-state index in [1.54, 1.807) is 6.07 Å². The first-order valence-corrected chi connectivity index (χ1v) is 5.24. The summed E-state index contributed by atoms with van der Waals surface area (Å²) in [5.74, 6) is -0.166. The van der Waals surface area contributed by atoms with Crippen molar-refractivity contribution in [3.63, 3.8) is 0 Å². The zero-order chi connectivity index (χ0) is 14.2. The van der Waals surface area contributed by atoms with Gasteiger partial charge in [0.2, 0.25) is 0 Å². The van der Waals surface area contributed by atoms with E-state index in [1.807, 2.05) is 0 Å². The van der Waals surface area contributed by atoms with Crippen LogP contribution in [-0.4, -0.2) is 55.0 Å². The SMILES string of the molecule is N#C[C@@]1(n2ncc(N)nc2=O)O[C@H](CO)C(O)[C@@H]1O. The highest BCUT2D eigenvalue weighted by molar-refractivity contribution is 5.21. The molecule has 1 saturated heterocycles. The third-order valence-electron chi connectivity index (χ3n) is 2.80. The Morgan fingerprint density at radius 3 is 2.79 bits per heavy atom. The van der Waals surface area contributed by atoms with Gasteiger partial charge in [-0.1, -0.05) is 0 Å². The molecule has 1 aliphatic rings. The zero-order valence-electron chi connectivity index (χ0n) is 9.54. The summed E-state index contributed by atoms with van der Waals surface area (Å²) in [6.07, 6.45) is -3.54. The Labute approximate surface area is 106 Å². The van der Waals surface area contributed by atoms with Gasteiger partial charge < -0.3 is 25.8 Å². The van der Waals surface area contributed by atoms with Crippen molar-refractivity contribution in [2.75, 3.05) is 12.3 Å². The number of ether oxygens (including phenoxy) is 1. The van der Waals surface area contributed by atoms with Crippen LogP contribution in [0.4, 0.5) is 5.82 Å². The second-order valence-corrected chi connectivity index (χ2v) is 3.96. The number of hydrogen-bond acceptors (Lipinski definition) is 9. The summed E-state index contributed by atoms with van der Waals surface area (Å²) < 4.78 is 5.57. The molecule has 10 nitrogen and oxygen atoms in total. The van der Waals surface area contributed by atoms with Gasteiger partial charge in [0.25, 0.3) is 5.72 Å². The topological polar surface area (TPSA) is 168 Å². The third-order valence-corrected chi connectivity index (χ3v) is 2.80. The second kappa shape index (κ2) is 4.56. The van der Waals surface area contributed by atoms with Crippen LogP contribution in [0.5, 0.6) is 0 Å². The number of aliphatic hydroxyl groups is 3. The first kappa shape index (κ1) is 13.4. The van der Waals surface area contributed by atoms with Crippen molar-refractivity contribution in [2.45, 2.75) is 24.0 Å². The van der Waals surface area contributed by atoms with Crippen molar-refractivity contribution in [2.24, 2.45) is 0 Å². The highest BCUT2D eigenvalue weighted by atomic mass is 16.6. The van der Waals surface area contributed by atoms with E-state index in [0.29, 0.717) is 4.68 Å². The number of nitrogens with zero attached hydrogens (tertiary/aromatic N) is 4. The number of nitriles is 1. The van der Waals surface area contributed by atoms with E-state index in [9.17, 15) is 20.3 Å². The van der Waals surface area contributed by atoms with Gasteiger partial charge in [0.15, 0.2) is 0 Å². The summed E-state index contributed by atoms with van der Waals surface area (Å²) >= 11 is 0. The van der Waals surface area contributed by atoms with Gasteiger partial charge in [0.1, 0.15) is 30.2 Å². The molecule has 19 heavy (non-hydrogen) atoms. The molecule has 2 rings (SSSR count). The maximum absolute atomic E-state index is 11.7. The predicted octanol–water partition coefficient (Wildman–Crippen LogP) is -3.49. The lowest BCUT2D eigenvalue weighted by Gasteiger charge is -2.24. The summed E-state index contributed by atoms with van der Waals surface area (Å²) in [5.41, 5.74) is 1.98. The number of nitrogens with two attached hydrogens (primary N) is 1. The van der Waals surface area contributed by atoms with Gasteiger partial charge in [-0.2, -0.15) is 20.0 Å². The maximum atomic E-state index is 11.7. The Morgan fingerprint density at radius 1 is 1.63 bits per heavy atom. The third kappa shape index (κ3) is 1.85. The largest absolute Gasteiger partial charge is 0.394 e. The number of aliphatic hydroxyl groups excluding tert-OH is 3. The summed E-state index contributed by atoms with van der Waals surface area (Å²) in [6.45, 7) is -0.640. The summed E-state index contributed by atoms with van der Waals surface area (Å²) in [7, 11) is 0. The fourth-order valence-corrected chi connectivity index (χ4v) is 1.85. The van der Waals surface area contributed by atoms with Crippen molar-refractivity contribution in [3.8, 4) is 6.07 Å². The molecule has 0 amide bonds. The van der Waals surface area contributed by atoms with E-state index in [0.717, 1.165) is 6.20 Å². The average molecular weight is 269 g/mol. The molecule has 0 saturated carbocycles. The standard InChI is InChI=1S/C9H11N5O5/c10-3-9(7(17)6(16)4(2-15)19-9)14-8(18)13-5(11)1-12-14/h1,4,6-7,15-17H,2H2,(H2,11,13,18)/t4-,6?,7+,9-/m1/s1. The molecule has 1 aliphatic heterocycles. The van der Waals surface area contributed by atoms with Crippen LogP contribution < -0.4 is 11.4 Å². The van der Waals surface area contributed by atoms with E-state index in [1.165, 1.54) is 0 Å². The van der Waals surface area contributed by atoms with E-state index in [4.69, 9.17) is 15.6 Å². The molecular formula is C9H11N5O5. The lowest BCUT2D eigenvalue weighted by molar-refractivity contribution is -0.116. The van der Waals surface area contributed by atoms with Gasteiger partial charge in [-0.3, -0.25) is 0 Å². The number of aromatic nitrogens is 3. The van der Waals surface area contributed by atoms with Gasteiger partial charge in [-0.15, -0.1) is 0 Å². The quantitative estimate of drug-likeness (QED) is 0.425. The Kier molecular flexibility index (Phi) is 3.21. The van der Waals surface area contributed by atoms with Crippen molar-refractivity contribution in [1.82, 2.24) is 14.8 Å².